The van der Waals surface area contributed by atoms with E-state index in [1.54, 1.807) is 13.1 Å². The second-order valence-corrected chi connectivity index (χ2v) is 10.5. The molecular weight excluding hydrogens is 520 g/mol. The molecule has 3 aromatic rings. The Morgan fingerprint density at radius 3 is 2.58 bits per heavy atom. The van der Waals surface area contributed by atoms with Crippen molar-refractivity contribution in [2.45, 2.75) is 39.7 Å². The number of aliphatic imine (C=N–C) groups is 1. The zero-order valence-corrected chi connectivity index (χ0v) is 23.7. The Bertz CT molecular complexity index is 1500. The third-order valence-corrected chi connectivity index (χ3v) is 7.73. The van der Waals surface area contributed by atoms with Crippen LogP contribution in [0.5, 0.6) is 0 Å². The fourth-order valence-electron chi connectivity index (χ4n) is 5.02. The van der Waals surface area contributed by atoms with Crippen molar-refractivity contribution < 1.29 is 14.3 Å². The van der Waals surface area contributed by atoms with Gasteiger partial charge in [0.15, 0.2) is 5.17 Å². The molecule has 0 spiro atoms. The van der Waals surface area contributed by atoms with Gasteiger partial charge < -0.3 is 15.0 Å². The molecule has 7 nitrogen and oxygen atoms in total. The molecule has 0 saturated heterocycles. The zero-order valence-electron chi connectivity index (χ0n) is 22.9. The summed E-state index contributed by atoms with van der Waals surface area (Å²) in [5, 5.41) is 5.71. The summed E-state index contributed by atoms with van der Waals surface area (Å²) in [5.74, 6) is -0.510. The number of rotatable bonds is 9. The maximum Gasteiger partial charge on any atom is 0.338 e. The number of ether oxygens (including phenoxy) is 1. The largest absolute Gasteiger partial charge is 0.463 e. The highest BCUT2D eigenvalue weighted by Crippen LogP contribution is 2.47. The standard InChI is InChI=1S/C32H32N4O3S/c1-4-39-31(38)28-29(23-10-6-5-7-11-23)35-32-36(30(28)26-14-13-21(2)18-22(26)3)25(20-40-32)19-27(37)34-17-15-24-12-8-9-16-33-24/h5-14,16,18,20,30H,4,15,17,19H2,1-3H3,(H,34,37)/t30-/m0/s1. The van der Waals surface area contributed by atoms with Gasteiger partial charge >= 0.3 is 5.97 Å². The minimum atomic E-state index is -0.495. The van der Waals surface area contributed by atoms with Crippen LogP contribution in [-0.4, -0.2) is 40.1 Å². The SMILES string of the molecule is CCOC(=O)C1=C(c2ccccc2)N=C2SC=C(CC(=O)NCCc3ccccn3)N2[C@H]1c1ccc(C)cc1C. The molecule has 1 atom stereocenters. The van der Waals surface area contributed by atoms with Crippen LogP contribution < -0.4 is 5.32 Å². The number of carbonyl (C=O) groups excluding carboxylic acids is 2. The van der Waals surface area contributed by atoms with Crippen LogP contribution in [0.4, 0.5) is 0 Å². The first-order chi connectivity index (χ1) is 19.5. The molecule has 1 aromatic heterocycles. The summed E-state index contributed by atoms with van der Waals surface area (Å²) in [4.78, 5) is 38.0. The molecule has 0 radical (unpaired) electrons. The van der Waals surface area contributed by atoms with E-state index in [-0.39, 0.29) is 18.9 Å². The molecule has 1 amide bonds. The molecule has 0 unspecified atom stereocenters. The number of pyridine rings is 1. The summed E-state index contributed by atoms with van der Waals surface area (Å²) in [7, 11) is 0. The number of benzene rings is 2. The molecule has 0 aliphatic carbocycles. The third-order valence-electron chi connectivity index (χ3n) is 6.84. The minimum absolute atomic E-state index is 0.0982. The molecule has 0 saturated carbocycles. The van der Waals surface area contributed by atoms with E-state index in [1.807, 2.05) is 65.8 Å². The van der Waals surface area contributed by atoms with E-state index >= 15 is 0 Å². The second kappa shape index (κ2) is 12.3. The fraction of sp³-hybridized carbons (Fsp3) is 0.250. The Hall–Kier alpha value is -4.17. The molecule has 3 heterocycles. The summed E-state index contributed by atoms with van der Waals surface area (Å²) in [6, 6.07) is 21.2. The van der Waals surface area contributed by atoms with Gasteiger partial charge in [0.05, 0.1) is 30.3 Å². The van der Waals surface area contributed by atoms with Crippen LogP contribution in [0.3, 0.4) is 0 Å². The van der Waals surface area contributed by atoms with Crippen molar-refractivity contribution in [1.82, 2.24) is 15.2 Å². The number of amides is 1. The van der Waals surface area contributed by atoms with Crippen LogP contribution in [0.2, 0.25) is 0 Å². The molecule has 2 aliphatic rings. The van der Waals surface area contributed by atoms with E-state index in [2.05, 4.69) is 35.4 Å². The zero-order chi connectivity index (χ0) is 28.1. The van der Waals surface area contributed by atoms with Crippen molar-refractivity contribution in [2.24, 2.45) is 4.99 Å². The number of aryl methyl sites for hydroxylation is 2. The molecule has 40 heavy (non-hydrogen) atoms. The van der Waals surface area contributed by atoms with E-state index in [9.17, 15) is 9.59 Å². The molecule has 1 N–H and O–H groups in total. The van der Waals surface area contributed by atoms with Gasteiger partial charge in [-0.3, -0.25) is 9.78 Å². The maximum atomic E-state index is 13.6. The first-order valence-electron chi connectivity index (χ1n) is 13.4. The Kier molecular flexibility index (Phi) is 8.45. The lowest BCUT2D eigenvalue weighted by atomic mass is 9.88. The summed E-state index contributed by atoms with van der Waals surface area (Å²) < 4.78 is 5.60. The molecule has 2 aliphatic heterocycles. The minimum Gasteiger partial charge on any atom is -0.463 e. The normalized spacial score (nSPS) is 16.3. The highest BCUT2D eigenvalue weighted by Gasteiger charge is 2.42. The van der Waals surface area contributed by atoms with E-state index < -0.39 is 12.0 Å². The highest BCUT2D eigenvalue weighted by molar-refractivity contribution is 8.16. The summed E-state index contributed by atoms with van der Waals surface area (Å²) >= 11 is 1.47. The highest BCUT2D eigenvalue weighted by atomic mass is 32.2. The quantitative estimate of drug-likeness (QED) is 0.342. The predicted octanol–water partition coefficient (Wildman–Crippen LogP) is 5.72. The Morgan fingerprint density at radius 2 is 1.85 bits per heavy atom. The van der Waals surface area contributed by atoms with Gasteiger partial charge in [-0.05, 0) is 49.4 Å². The van der Waals surface area contributed by atoms with E-state index in [0.29, 0.717) is 24.2 Å². The fourth-order valence-corrected chi connectivity index (χ4v) is 5.94. The number of amidine groups is 1. The van der Waals surface area contributed by atoms with Crippen LogP contribution in [0, 0.1) is 13.8 Å². The maximum absolute atomic E-state index is 13.6. The predicted molar refractivity (Wildman–Crippen MR) is 159 cm³/mol. The van der Waals surface area contributed by atoms with Crippen LogP contribution in [0.15, 0.2) is 94.6 Å². The number of aromatic nitrogens is 1. The lowest BCUT2D eigenvalue weighted by Gasteiger charge is -2.37. The van der Waals surface area contributed by atoms with Gasteiger partial charge in [-0.2, -0.15) is 0 Å². The summed E-state index contributed by atoms with van der Waals surface area (Å²) in [5.41, 5.74) is 6.78. The van der Waals surface area contributed by atoms with Crippen molar-refractivity contribution in [3.63, 3.8) is 0 Å². The lowest BCUT2D eigenvalue weighted by molar-refractivity contribution is -0.139. The van der Waals surface area contributed by atoms with Crippen LogP contribution in [-0.2, 0) is 20.7 Å². The topological polar surface area (TPSA) is 83.9 Å². The van der Waals surface area contributed by atoms with Crippen LogP contribution in [0.25, 0.3) is 5.70 Å². The number of hydrogen-bond acceptors (Lipinski definition) is 7. The van der Waals surface area contributed by atoms with E-state index in [0.717, 1.165) is 38.8 Å². The van der Waals surface area contributed by atoms with Gasteiger partial charge in [0.25, 0.3) is 0 Å². The van der Waals surface area contributed by atoms with Crippen molar-refractivity contribution in [1.29, 1.82) is 0 Å². The second-order valence-electron chi connectivity index (χ2n) is 9.70. The average Bonchev–Trinajstić information content (AvgIpc) is 3.35. The molecule has 2 aromatic carbocycles. The van der Waals surface area contributed by atoms with Crippen molar-refractivity contribution in [2.75, 3.05) is 13.2 Å². The van der Waals surface area contributed by atoms with Gasteiger partial charge in [-0.25, -0.2) is 9.79 Å². The Labute approximate surface area is 239 Å². The van der Waals surface area contributed by atoms with Crippen molar-refractivity contribution in [3.05, 3.63) is 118 Å². The van der Waals surface area contributed by atoms with Crippen molar-refractivity contribution >= 4 is 34.5 Å². The molecular formula is C32H32N4O3S. The number of thioether (sulfide) groups is 1. The number of fused-ring (bicyclic) bond motifs is 1. The van der Waals surface area contributed by atoms with Gasteiger partial charge in [0.1, 0.15) is 0 Å². The number of nitrogens with one attached hydrogen (secondary N) is 1. The van der Waals surface area contributed by atoms with Crippen molar-refractivity contribution in [3.8, 4) is 0 Å². The van der Waals surface area contributed by atoms with Gasteiger partial charge in [-0.1, -0.05) is 71.9 Å². The summed E-state index contributed by atoms with van der Waals surface area (Å²) in [6.45, 7) is 6.64. The van der Waals surface area contributed by atoms with Gasteiger partial charge in [0.2, 0.25) is 5.91 Å². The molecule has 5 rings (SSSR count). The Morgan fingerprint density at radius 1 is 1.05 bits per heavy atom. The number of nitrogens with zero attached hydrogens (tertiary/aromatic N) is 3. The molecule has 0 fully saturated rings. The lowest BCUT2D eigenvalue weighted by Crippen LogP contribution is -2.38. The number of carbonyl (C=O) groups is 2. The molecule has 8 heteroatoms. The summed E-state index contributed by atoms with van der Waals surface area (Å²) in [6.07, 6.45) is 2.56. The Balaban J connectivity index is 1.50. The number of hydrogen-bond donors (Lipinski definition) is 1. The average molecular weight is 553 g/mol. The van der Waals surface area contributed by atoms with E-state index in [4.69, 9.17) is 9.73 Å². The number of esters is 1. The van der Waals surface area contributed by atoms with Gasteiger partial charge in [-0.15, -0.1) is 0 Å². The monoisotopic (exact) mass is 552 g/mol. The smallest absolute Gasteiger partial charge is 0.338 e. The molecule has 0 bridgehead atoms. The first kappa shape index (κ1) is 27.4. The van der Waals surface area contributed by atoms with Crippen LogP contribution in [0.1, 0.15) is 47.3 Å². The van der Waals surface area contributed by atoms with E-state index in [1.165, 1.54) is 11.8 Å². The third kappa shape index (κ3) is 5.87. The molecule has 204 valence electrons. The first-order valence-corrected chi connectivity index (χ1v) is 14.3. The van der Waals surface area contributed by atoms with Gasteiger partial charge in [0, 0.05) is 36.1 Å². The van der Waals surface area contributed by atoms with Crippen LogP contribution >= 0.6 is 11.8 Å².